The van der Waals surface area contributed by atoms with Crippen molar-refractivity contribution in [3.8, 4) is 5.75 Å². The Balaban J connectivity index is 1.38. The molecule has 1 aromatic heterocycles. The minimum atomic E-state index is 0.0879. The maximum atomic E-state index is 11.4. The Kier molecular flexibility index (Phi) is 6.96. The number of ketones is 1. The number of hydrogen-bond acceptors (Lipinski definition) is 6. The van der Waals surface area contributed by atoms with E-state index in [0.29, 0.717) is 11.4 Å². The zero-order valence-corrected chi connectivity index (χ0v) is 19.1. The van der Waals surface area contributed by atoms with Crippen molar-refractivity contribution in [2.45, 2.75) is 58.0 Å². The molecular weight excluding hydrogens is 412 g/mol. The number of aromatic nitrogens is 2. The van der Waals surface area contributed by atoms with Gasteiger partial charge >= 0.3 is 0 Å². The van der Waals surface area contributed by atoms with Crippen molar-refractivity contribution < 1.29 is 9.53 Å². The fraction of sp³-hybridized carbons (Fsp3) is 0.542. The van der Waals surface area contributed by atoms with Crippen LogP contribution in [-0.4, -0.2) is 48.0 Å². The van der Waals surface area contributed by atoms with Crippen LogP contribution in [0.4, 0.5) is 11.8 Å². The highest BCUT2D eigenvalue weighted by Crippen LogP contribution is 2.30. The van der Waals surface area contributed by atoms with Crippen LogP contribution in [0.5, 0.6) is 5.75 Å². The van der Waals surface area contributed by atoms with E-state index in [4.69, 9.17) is 21.3 Å². The number of rotatable bonds is 7. The predicted octanol–water partition coefficient (Wildman–Crippen LogP) is 4.86. The molecule has 166 valence electrons. The number of nitrogens with zero attached hydrogens (tertiary/aromatic N) is 4. The predicted molar refractivity (Wildman–Crippen MR) is 125 cm³/mol. The van der Waals surface area contributed by atoms with Gasteiger partial charge in [-0.05, 0) is 49.8 Å². The monoisotopic (exact) mass is 442 g/mol. The third-order valence-electron chi connectivity index (χ3n) is 6.14. The van der Waals surface area contributed by atoms with Crippen molar-refractivity contribution in [3.05, 3.63) is 41.0 Å². The molecule has 6 nitrogen and oxygen atoms in total. The average Bonchev–Trinajstić information content (AvgIpc) is 3.23. The van der Waals surface area contributed by atoms with E-state index in [1.54, 1.807) is 13.1 Å². The van der Waals surface area contributed by atoms with Gasteiger partial charge in [0, 0.05) is 32.5 Å². The molecule has 0 bridgehead atoms. The van der Waals surface area contributed by atoms with Crippen molar-refractivity contribution in [2.75, 3.05) is 36.0 Å². The van der Waals surface area contributed by atoms with Gasteiger partial charge in [0.1, 0.15) is 22.7 Å². The summed E-state index contributed by atoms with van der Waals surface area (Å²) in [4.78, 5) is 25.1. The number of ether oxygens (including phenoxy) is 1. The van der Waals surface area contributed by atoms with E-state index in [1.807, 2.05) is 12.1 Å². The maximum absolute atomic E-state index is 11.4. The van der Waals surface area contributed by atoms with Gasteiger partial charge in [-0.3, -0.25) is 0 Å². The lowest BCUT2D eigenvalue weighted by Crippen LogP contribution is -2.32. The first-order chi connectivity index (χ1) is 15.0. The second-order valence-electron chi connectivity index (χ2n) is 8.74. The van der Waals surface area contributed by atoms with Crippen LogP contribution in [0.1, 0.15) is 57.4 Å². The molecule has 1 aromatic carbocycles. The van der Waals surface area contributed by atoms with Gasteiger partial charge in [-0.2, -0.15) is 4.98 Å². The molecule has 2 atom stereocenters. The molecule has 2 fully saturated rings. The number of carbonyl (C=O) groups excluding carboxylic acids is 1. The van der Waals surface area contributed by atoms with E-state index in [2.05, 4.69) is 33.8 Å². The zero-order valence-electron chi connectivity index (χ0n) is 18.4. The molecule has 0 amide bonds. The molecule has 3 heterocycles. The first-order valence-corrected chi connectivity index (χ1v) is 11.7. The first kappa shape index (κ1) is 21.9. The third-order valence-corrected chi connectivity index (χ3v) is 6.41. The molecule has 0 N–H and O–H groups in total. The Morgan fingerprint density at radius 2 is 1.90 bits per heavy atom. The summed E-state index contributed by atoms with van der Waals surface area (Å²) < 4.78 is 6.22. The normalized spacial score (nSPS) is 20.0. The number of carbonyl (C=O) groups is 1. The minimum absolute atomic E-state index is 0.0879. The molecule has 0 spiro atoms. The fourth-order valence-corrected chi connectivity index (χ4v) is 4.66. The Bertz CT molecular complexity index is 899. The highest BCUT2D eigenvalue weighted by atomic mass is 35.5. The molecule has 2 aliphatic heterocycles. The number of halogens is 1. The number of hydrogen-bond donors (Lipinski definition) is 0. The largest absolute Gasteiger partial charge is 0.489 e. The van der Waals surface area contributed by atoms with Gasteiger partial charge in [0.25, 0.3) is 0 Å². The van der Waals surface area contributed by atoms with Crippen molar-refractivity contribution in [1.29, 1.82) is 0 Å². The molecule has 4 rings (SSSR count). The lowest BCUT2D eigenvalue weighted by Gasteiger charge is -2.28. The average molecular weight is 443 g/mol. The number of benzene rings is 1. The van der Waals surface area contributed by atoms with Crippen LogP contribution >= 0.6 is 11.6 Å². The maximum Gasteiger partial charge on any atom is 0.227 e. The van der Waals surface area contributed by atoms with Gasteiger partial charge in [-0.25, -0.2) is 4.98 Å². The fourth-order valence-electron chi connectivity index (χ4n) is 4.45. The van der Waals surface area contributed by atoms with Crippen molar-refractivity contribution in [2.24, 2.45) is 0 Å². The molecule has 7 heteroatoms. The molecule has 2 aromatic rings. The summed E-state index contributed by atoms with van der Waals surface area (Å²) in [6, 6.07) is 8.12. The molecular formula is C24H31ClN4O2. The highest BCUT2D eigenvalue weighted by Gasteiger charge is 2.28. The lowest BCUT2D eigenvalue weighted by atomic mass is 9.96. The van der Waals surface area contributed by atoms with Crippen LogP contribution in [0.15, 0.2) is 30.5 Å². The van der Waals surface area contributed by atoms with E-state index >= 15 is 0 Å². The van der Waals surface area contributed by atoms with Crippen molar-refractivity contribution >= 4 is 29.2 Å². The molecule has 31 heavy (non-hydrogen) atoms. The Morgan fingerprint density at radius 3 is 2.61 bits per heavy atom. The highest BCUT2D eigenvalue weighted by molar-refractivity contribution is 6.32. The standard InChI is InChI=1S/C24H31ClN4O2/c1-17(14-18(2)30)19-6-8-20(9-7-19)31-21-10-13-29(16-21)23-22(25)15-26-24(27-23)28-11-4-3-5-12-28/h6-9,15,17,21H,3-5,10-14,16H2,1-2H3/t17-,21-/m1/s1. The summed E-state index contributed by atoms with van der Waals surface area (Å²) in [6.45, 7) is 7.34. The van der Waals surface area contributed by atoms with Crippen LogP contribution in [0.3, 0.4) is 0 Å². The number of anilines is 2. The summed E-state index contributed by atoms with van der Waals surface area (Å²) >= 11 is 6.46. The summed E-state index contributed by atoms with van der Waals surface area (Å²) in [5.41, 5.74) is 1.16. The summed E-state index contributed by atoms with van der Waals surface area (Å²) in [6.07, 6.45) is 6.95. The van der Waals surface area contributed by atoms with Crippen LogP contribution in [0.25, 0.3) is 0 Å². The van der Waals surface area contributed by atoms with Crippen LogP contribution < -0.4 is 14.5 Å². The summed E-state index contributed by atoms with van der Waals surface area (Å²) in [5.74, 6) is 2.87. The number of Topliss-reactive ketones (excluding diaryl/α,β-unsaturated/α-hetero) is 1. The Labute approximate surface area is 189 Å². The van der Waals surface area contributed by atoms with Crippen molar-refractivity contribution in [3.63, 3.8) is 0 Å². The molecule has 2 saturated heterocycles. The molecule has 0 aliphatic carbocycles. The summed E-state index contributed by atoms with van der Waals surface area (Å²) in [7, 11) is 0. The topological polar surface area (TPSA) is 58.6 Å². The van der Waals surface area contributed by atoms with Crippen LogP contribution in [0, 0.1) is 0 Å². The van der Waals surface area contributed by atoms with Gasteiger partial charge in [0.05, 0.1) is 12.7 Å². The smallest absolute Gasteiger partial charge is 0.227 e. The van der Waals surface area contributed by atoms with Crippen molar-refractivity contribution in [1.82, 2.24) is 9.97 Å². The first-order valence-electron chi connectivity index (χ1n) is 11.3. The van der Waals surface area contributed by atoms with E-state index in [9.17, 15) is 4.79 Å². The minimum Gasteiger partial charge on any atom is -0.489 e. The lowest BCUT2D eigenvalue weighted by molar-refractivity contribution is -0.117. The second-order valence-corrected chi connectivity index (χ2v) is 9.15. The molecule has 0 unspecified atom stereocenters. The number of piperidine rings is 1. The zero-order chi connectivity index (χ0) is 21.8. The Hall–Kier alpha value is -2.34. The third kappa shape index (κ3) is 5.48. The van der Waals surface area contributed by atoms with Gasteiger partial charge in [-0.1, -0.05) is 30.7 Å². The molecule has 0 saturated carbocycles. The van der Waals surface area contributed by atoms with E-state index in [1.165, 1.54) is 19.3 Å². The molecule has 0 radical (unpaired) electrons. The quantitative estimate of drug-likeness (QED) is 0.610. The van der Waals surface area contributed by atoms with E-state index < -0.39 is 0 Å². The van der Waals surface area contributed by atoms with Gasteiger partial charge in [0.15, 0.2) is 5.82 Å². The van der Waals surface area contributed by atoms with E-state index in [0.717, 1.165) is 55.7 Å². The molecule has 2 aliphatic rings. The second kappa shape index (κ2) is 9.86. The summed E-state index contributed by atoms with van der Waals surface area (Å²) in [5, 5.41) is 0.588. The SMILES string of the molecule is CC(=O)C[C@@H](C)c1ccc(O[C@@H]2CCN(c3nc(N4CCCCC4)ncc3Cl)C2)cc1. The van der Waals surface area contributed by atoms with Gasteiger partial charge in [-0.15, -0.1) is 0 Å². The van der Waals surface area contributed by atoms with E-state index in [-0.39, 0.29) is 17.8 Å². The van der Waals surface area contributed by atoms with Crippen LogP contribution in [-0.2, 0) is 4.79 Å². The van der Waals surface area contributed by atoms with Gasteiger partial charge < -0.3 is 19.3 Å². The Morgan fingerprint density at radius 1 is 1.16 bits per heavy atom. The van der Waals surface area contributed by atoms with Crippen LogP contribution in [0.2, 0.25) is 5.02 Å². The van der Waals surface area contributed by atoms with Gasteiger partial charge in [0.2, 0.25) is 5.95 Å².